The molecule has 0 saturated carbocycles. The van der Waals surface area contributed by atoms with Crippen molar-refractivity contribution in [3.63, 3.8) is 0 Å². The van der Waals surface area contributed by atoms with Gasteiger partial charge in [-0.25, -0.2) is 9.78 Å². The summed E-state index contributed by atoms with van der Waals surface area (Å²) in [4.78, 5) is 8.43. The zero-order valence-corrected chi connectivity index (χ0v) is 8.07. The van der Waals surface area contributed by atoms with Crippen LogP contribution in [0.2, 0.25) is 0 Å². The van der Waals surface area contributed by atoms with Gasteiger partial charge in [-0.1, -0.05) is 6.92 Å². The van der Waals surface area contributed by atoms with E-state index in [0.29, 0.717) is 6.42 Å². The summed E-state index contributed by atoms with van der Waals surface area (Å²) in [5, 5.41) is 16.9. The van der Waals surface area contributed by atoms with Gasteiger partial charge in [0, 0.05) is 0 Å². The molecule has 0 aliphatic rings. The minimum Gasteiger partial charge on any atom is -0.252 e. The Hall–Kier alpha value is -0.160. The first kappa shape index (κ1) is 11.8. The zero-order valence-electron chi connectivity index (χ0n) is 8.07. The molecule has 2 N–H and O–H groups in total. The van der Waals surface area contributed by atoms with Gasteiger partial charge in [0.2, 0.25) is 0 Å². The van der Waals surface area contributed by atoms with Crippen molar-refractivity contribution in [2.45, 2.75) is 45.8 Å². The van der Waals surface area contributed by atoms with Gasteiger partial charge in [-0.15, -0.1) is 0 Å². The van der Waals surface area contributed by atoms with Crippen LogP contribution in [-0.4, -0.2) is 22.2 Å². The van der Waals surface area contributed by atoms with Gasteiger partial charge in [0.15, 0.2) is 0 Å². The molecule has 0 aromatic heterocycles. The molecule has 0 spiro atoms. The van der Waals surface area contributed by atoms with Gasteiger partial charge in [0.25, 0.3) is 0 Å². The molecular weight excluding hydrogens is 160 g/mol. The van der Waals surface area contributed by atoms with Crippen molar-refractivity contribution in [2.75, 3.05) is 0 Å². The first-order valence-corrected chi connectivity index (χ1v) is 4.05. The van der Waals surface area contributed by atoms with Gasteiger partial charge in [0.1, 0.15) is 0 Å². The van der Waals surface area contributed by atoms with E-state index >= 15 is 0 Å². The summed E-state index contributed by atoms with van der Waals surface area (Å²) in [6.07, 6.45) is 0.366. The first-order valence-electron chi connectivity index (χ1n) is 4.05. The summed E-state index contributed by atoms with van der Waals surface area (Å²) in [7, 11) is 0. The van der Waals surface area contributed by atoms with Crippen LogP contribution >= 0.6 is 0 Å². The summed E-state index contributed by atoms with van der Waals surface area (Å²) in [6, 6.07) is 0. The third-order valence-electron chi connectivity index (χ3n) is 2.03. The molecule has 0 aromatic rings. The van der Waals surface area contributed by atoms with Crippen LogP contribution in [0.15, 0.2) is 0 Å². The minimum absolute atomic E-state index is 0.122. The summed E-state index contributed by atoms with van der Waals surface area (Å²) < 4.78 is 0. The number of rotatable bonds is 5. The molecule has 2 unspecified atom stereocenters. The van der Waals surface area contributed by atoms with E-state index in [1.165, 1.54) is 0 Å². The lowest BCUT2D eigenvalue weighted by Crippen LogP contribution is -2.30. The highest BCUT2D eigenvalue weighted by Crippen LogP contribution is 2.22. The normalized spacial score (nSPS) is 17.5. The maximum Gasteiger partial charge on any atom is 0.0981 e. The Bertz CT molecular complexity index is 124. The van der Waals surface area contributed by atoms with Crippen molar-refractivity contribution in [1.29, 1.82) is 0 Å². The van der Waals surface area contributed by atoms with Crippen LogP contribution in [0.25, 0.3) is 0 Å². The third-order valence-corrected chi connectivity index (χ3v) is 2.03. The van der Waals surface area contributed by atoms with Crippen LogP contribution in [0.5, 0.6) is 0 Å². The molecule has 74 valence electrons. The molecule has 2 atom stereocenters. The van der Waals surface area contributed by atoms with Crippen molar-refractivity contribution in [1.82, 2.24) is 0 Å². The average molecular weight is 178 g/mol. The van der Waals surface area contributed by atoms with E-state index in [1.54, 1.807) is 20.8 Å². The lowest BCUT2D eigenvalue weighted by molar-refractivity contribution is -0.325. The highest BCUT2D eigenvalue weighted by molar-refractivity contribution is 4.73. The molecule has 4 nitrogen and oxygen atoms in total. The van der Waals surface area contributed by atoms with E-state index in [2.05, 4.69) is 9.78 Å². The fraction of sp³-hybridized carbons (Fsp3) is 1.00. The Morgan fingerprint density at radius 3 is 2.08 bits per heavy atom. The van der Waals surface area contributed by atoms with Crippen LogP contribution in [0.4, 0.5) is 0 Å². The smallest absolute Gasteiger partial charge is 0.0981 e. The lowest BCUT2D eigenvalue weighted by Gasteiger charge is -2.26. The topological polar surface area (TPSA) is 58.9 Å². The number of hydrogen-bond acceptors (Lipinski definition) is 4. The largest absolute Gasteiger partial charge is 0.252 e. The van der Waals surface area contributed by atoms with E-state index in [0.717, 1.165) is 0 Å². The molecule has 0 rings (SSSR count). The lowest BCUT2D eigenvalue weighted by atomic mass is 9.91. The third kappa shape index (κ3) is 4.01. The molecule has 0 bridgehead atoms. The molecule has 0 aliphatic heterocycles. The average Bonchev–Trinajstić information content (AvgIpc) is 2.02. The van der Waals surface area contributed by atoms with Gasteiger partial charge in [-0.3, -0.25) is 10.5 Å². The second-order valence-corrected chi connectivity index (χ2v) is 3.84. The van der Waals surface area contributed by atoms with E-state index in [-0.39, 0.29) is 12.0 Å². The van der Waals surface area contributed by atoms with E-state index in [1.807, 2.05) is 6.92 Å². The van der Waals surface area contributed by atoms with Crippen LogP contribution in [-0.2, 0) is 9.78 Å². The van der Waals surface area contributed by atoms with Crippen molar-refractivity contribution >= 4 is 0 Å². The Kier molecular flexibility index (Phi) is 4.70. The molecule has 4 heteroatoms. The highest BCUT2D eigenvalue weighted by atomic mass is 17.1. The van der Waals surface area contributed by atoms with E-state index in [9.17, 15) is 0 Å². The molecule has 0 aromatic carbocycles. The summed E-state index contributed by atoms with van der Waals surface area (Å²) in [6.45, 7) is 7.22. The molecule has 0 fully saturated rings. The monoisotopic (exact) mass is 178 g/mol. The molecule has 0 aliphatic carbocycles. The van der Waals surface area contributed by atoms with E-state index in [4.69, 9.17) is 10.5 Å². The minimum atomic E-state index is -0.591. The predicted molar refractivity (Wildman–Crippen MR) is 44.7 cm³/mol. The van der Waals surface area contributed by atoms with Crippen LogP contribution in [0.3, 0.4) is 0 Å². The molecule has 0 heterocycles. The maximum atomic E-state index is 8.49. The second kappa shape index (κ2) is 4.77. The quantitative estimate of drug-likeness (QED) is 0.500. The van der Waals surface area contributed by atoms with Crippen LogP contribution < -0.4 is 0 Å². The van der Waals surface area contributed by atoms with Crippen LogP contribution in [0.1, 0.15) is 34.1 Å². The standard InChI is InChI=1S/C8H18O4/c1-6(7(2)11-9)5-8(3,4)12-10/h6-7,9-10H,5H2,1-4H3. The molecule has 0 saturated heterocycles. The zero-order chi connectivity index (χ0) is 9.78. The summed E-state index contributed by atoms with van der Waals surface area (Å²) >= 11 is 0. The maximum absolute atomic E-state index is 8.49. The van der Waals surface area contributed by atoms with Crippen molar-refractivity contribution in [3.05, 3.63) is 0 Å². The highest BCUT2D eigenvalue weighted by Gasteiger charge is 2.25. The molecule has 0 amide bonds. The van der Waals surface area contributed by atoms with Gasteiger partial charge in [-0.2, -0.15) is 0 Å². The predicted octanol–water partition coefficient (Wildman–Crippen LogP) is 2.16. The van der Waals surface area contributed by atoms with Crippen LogP contribution in [0, 0.1) is 5.92 Å². The SMILES string of the molecule is CC(CC(C)(C)OO)C(C)OO. The summed E-state index contributed by atoms with van der Waals surface area (Å²) in [5.74, 6) is 0.122. The van der Waals surface area contributed by atoms with Gasteiger partial charge < -0.3 is 0 Å². The molecule has 12 heavy (non-hydrogen) atoms. The second-order valence-electron chi connectivity index (χ2n) is 3.84. The van der Waals surface area contributed by atoms with Crippen molar-refractivity contribution in [3.8, 4) is 0 Å². The Morgan fingerprint density at radius 2 is 1.75 bits per heavy atom. The Labute approximate surface area is 73.0 Å². The fourth-order valence-corrected chi connectivity index (χ4v) is 1.08. The van der Waals surface area contributed by atoms with Gasteiger partial charge >= 0.3 is 0 Å². The summed E-state index contributed by atoms with van der Waals surface area (Å²) in [5.41, 5.74) is -0.591. The number of hydrogen-bond donors (Lipinski definition) is 2. The van der Waals surface area contributed by atoms with E-state index < -0.39 is 5.60 Å². The first-order chi connectivity index (χ1) is 5.43. The Morgan fingerprint density at radius 1 is 1.25 bits per heavy atom. The van der Waals surface area contributed by atoms with Gasteiger partial charge in [0.05, 0.1) is 11.7 Å². The Balaban J connectivity index is 3.90. The molecule has 0 radical (unpaired) electrons. The van der Waals surface area contributed by atoms with Gasteiger partial charge in [-0.05, 0) is 33.1 Å². The van der Waals surface area contributed by atoms with Crippen molar-refractivity contribution in [2.24, 2.45) is 5.92 Å². The molecular formula is C8H18O4. The van der Waals surface area contributed by atoms with Crippen molar-refractivity contribution < 1.29 is 20.3 Å². The fourth-order valence-electron chi connectivity index (χ4n) is 1.08.